The lowest BCUT2D eigenvalue weighted by Gasteiger charge is -2.26. The molecule has 0 bridgehead atoms. The lowest BCUT2D eigenvalue weighted by Crippen LogP contribution is -2.33. The Morgan fingerprint density at radius 1 is 0.912 bits per heavy atom. The number of benzene rings is 3. The number of anilines is 2. The van der Waals surface area contributed by atoms with Crippen LogP contribution in [0.1, 0.15) is 45.5 Å². The summed E-state index contributed by atoms with van der Waals surface area (Å²) < 4.78 is 0. The zero-order chi connectivity index (χ0) is 23.3. The molecular formula is C28H30N4O2. The molecule has 0 atom stereocenters. The van der Waals surface area contributed by atoms with E-state index in [4.69, 9.17) is 0 Å². The minimum Gasteiger partial charge on any atom is -0.384 e. The van der Waals surface area contributed by atoms with E-state index in [1.807, 2.05) is 66.7 Å². The molecule has 0 aromatic heterocycles. The zero-order valence-corrected chi connectivity index (χ0v) is 19.3. The van der Waals surface area contributed by atoms with Crippen LogP contribution in [0.2, 0.25) is 0 Å². The van der Waals surface area contributed by atoms with Gasteiger partial charge in [0.25, 0.3) is 11.8 Å². The van der Waals surface area contributed by atoms with Gasteiger partial charge in [0.2, 0.25) is 0 Å². The van der Waals surface area contributed by atoms with Crippen LogP contribution in [0.4, 0.5) is 11.4 Å². The Morgan fingerprint density at radius 3 is 2.44 bits per heavy atom. The van der Waals surface area contributed by atoms with E-state index in [9.17, 15) is 9.59 Å². The van der Waals surface area contributed by atoms with Crippen LogP contribution in [0, 0.1) is 0 Å². The van der Waals surface area contributed by atoms with Gasteiger partial charge in [-0.05, 0) is 73.0 Å². The molecule has 0 saturated carbocycles. The van der Waals surface area contributed by atoms with Gasteiger partial charge in [-0.3, -0.25) is 9.59 Å². The fourth-order valence-electron chi connectivity index (χ4n) is 4.82. The number of carbonyl (C=O) groups is 2. The molecule has 0 spiro atoms. The summed E-state index contributed by atoms with van der Waals surface area (Å²) >= 11 is 0. The quantitative estimate of drug-likeness (QED) is 0.482. The van der Waals surface area contributed by atoms with E-state index in [2.05, 4.69) is 20.9 Å². The average Bonchev–Trinajstić information content (AvgIpc) is 3.28. The number of hydrogen-bond donors (Lipinski definition) is 3. The van der Waals surface area contributed by atoms with Gasteiger partial charge in [-0.2, -0.15) is 0 Å². The van der Waals surface area contributed by atoms with Crippen LogP contribution in [-0.4, -0.2) is 42.9 Å². The summed E-state index contributed by atoms with van der Waals surface area (Å²) in [5, 5.41) is 9.29. The Hall–Kier alpha value is -3.64. The fourth-order valence-corrected chi connectivity index (χ4v) is 4.82. The number of likely N-dealkylation sites (tertiary alicyclic amines) is 1. The number of amides is 2. The zero-order valence-electron chi connectivity index (χ0n) is 19.3. The summed E-state index contributed by atoms with van der Waals surface area (Å²) in [6.07, 6.45) is 3.94. The summed E-state index contributed by atoms with van der Waals surface area (Å²) in [6, 6.07) is 21.3. The van der Waals surface area contributed by atoms with Crippen LogP contribution in [0.5, 0.6) is 0 Å². The molecule has 3 N–H and O–H groups in total. The van der Waals surface area contributed by atoms with Gasteiger partial charge in [0.1, 0.15) is 0 Å². The predicted octanol–water partition coefficient (Wildman–Crippen LogP) is 4.75. The van der Waals surface area contributed by atoms with Gasteiger partial charge >= 0.3 is 0 Å². The molecule has 6 nitrogen and oxygen atoms in total. The van der Waals surface area contributed by atoms with Crippen molar-refractivity contribution in [1.82, 2.24) is 10.2 Å². The highest BCUT2D eigenvalue weighted by Gasteiger charge is 2.26. The minimum atomic E-state index is -0.228. The van der Waals surface area contributed by atoms with Crippen molar-refractivity contribution >= 4 is 23.2 Å². The number of rotatable bonds is 7. The summed E-state index contributed by atoms with van der Waals surface area (Å²) in [5.41, 5.74) is 5.62. The maximum Gasteiger partial charge on any atom is 0.255 e. The Kier molecular flexibility index (Phi) is 6.58. The highest BCUT2D eigenvalue weighted by Crippen LogP contribution is 2.34. The van der Waals surface area contributed by atoms with E-state index < -0.39 is 0 Å². The molecule has 2 aliphatic rings. The van der Waals surface area contributed by atoms with Gasteiger partial charge in [-0.25, -0.2) is 0 Å². The molecule has 174 valence electrons. The molecule has 0 aliphatic carbocycles. The minimum absolute atomic E-state index is 0.156. The summed E-state index contributed by atoms with van der Waals surface area (Å²) in [7, 11) is 0. The third kappa shape index (κ3) is 4.82. The van der Waals surface area contributed by atoms with Crippen molar-refractivity contribution in [3.63, 3.8) is 0 Å². The van der Waals surface area contributed by atoms with E-state index in [0.29, 0.717) is 23.4 Å². The Labute approximate surface area is 200 Å². The number of carbonyl (C=O) groups excluding carboxylic acids is 2. The Morgan fingerprint density at radius 2 is 1.68 bits per heavy atom. The highest BCUT2D eigenvalue weighted by molar-refractivity contribution is 6.11. The predicted molar refractivity (Wildman–Crippen MR) is 136 cm³/mol. The monoisotopic (exact) mass is 454 g/mol. The summed E-state index contributed by atoms with van der Waals surface area (Å²) in [6.45, 7) is 4.76. The molecule has 0 radical (unpaired) electrons. The first-order valence-electron chi connectivity index (χ1n) is 12.1. The number of piperidine rings is 1. The first-order chi connectivity index (χ1) is 16.7. The van der Waals surface area contributed by atoms with Gasteiger partial charge in [-0.1, -0.05) is 42.8 Å². The Balaban J connectivity index is 1.25. The van der Waals surface area contributed by atoms with Crippen LogP contribution in [0.25, 0.3) is 11.1 Å². The molecule has 2 heterocycles. The molecule has 3 aromatic carbocycles. The van der Waals surface area contributed by atoms with Gasteiger partial charge in [0.05, 0.1) is 11.3 Å². The second-order valence-corrected chi connectivity index (χ2v) is 8.92. The molecule has 0 unspecified atom stereocenters. The second-order valence-electron chi connectivity index (χ2n) is 8.92. The van der Waals surface area contributed by atoms with Crippen molar-refractivity contribution in [1.29, 1.82) is 0 Å². The second kappa shape index (κ2) is 10.1. The van der Waals surface area contributed by atoms with Crippen LogP contribution in [-0.2, 0) is 6.54 Å². The number of hydrogen-bond acceptors (Lipinski definition) is 4. The molecule has 3 aromatic rings. The summed E-state index contributed by atoms with van der Waals surface area (Å²) in [5.74, 6) is -0.384. The lowest BCUT2D eigenvalue weighted by molar-refractivity contribution is 0.0966. The standard InChI is InChI=1S/C28H30N4O2/c33-27(21-9-11-22(12-10-21)29-15-18-32-16-5-2-6-17-32)31-25-14-13-23(20-7-3-1-4-8-20)24-19-30-28(34)26(24)25/h1,3-4,7-14,29H,2,5-6,15-19H2,(H,30,34)(H,31,33). The van der Waals surface area contributed by atoms with Gasteiger partial charge < -0.3 is 20.9 Å². The molecule has 2 aliphatic heterocycles. The highest BCUT2D eigenvalue weighted by atomic mass is 16.2. The van der Waals surface area contributed by atoms with Gasteiger partial charge in [0.15, 0.2) is 0 Å². The third-order valence-corrected chi connectivity index (χ3v) is 6.65. The molecule has 1 saturated heterocycles. The van der Waals surface area contributed by atoms with Crippen LogP contribution in [0.15, 0.2) is 66.7 Å². The van der Waals surface area contributed by atoms with E-state index in [0.717, 1.165) is 35.5 Å². The normalized spacial score (nSPS) is 15.5. The Bertz CT molecular complexity index is 1170. The molecule has 34 heavy (non-hydrogen) atoms. The third-order valence-electron chi connectivity index (χ3n) is 6.65. The van der Waals surface area contributed by atoms with Crippen molar-refractivity contribution < 1.29 is 9.59 Å². The maximum atomic E-state index is 12.9. The molecular weight excluding hydrogens is 424 g/mol. The van der Waals surface area contributed by atoms with Crippen molar-refractivity contribution in [3.05, 3.63) is 83.4 Å². The first kappa shape index (κ1) is 22.2. The maximum absolute atomic E-state index is 12.9. The van der Waals surface area contributed by atoms with Crippen LogP contribution in [0.3, 0.4) is 0 Å². The topological polar surface area (TPSA) is 73.5 Å². The average molecular weight is 455 g/mol. The van der Waals surface area contributed by atoms with Gasteiger partial charge in [0, 0.05) is 30.9 Å². The van der Waals surface area contributed by atoms with E-state index in [1.165, 1.54) is 32.4 Å². The van der Waals surface area contributed by atoms with E-state index in [-0.39, 0.29) is 11.8 Å². The van der Waals surface area contributed by atoms with Crippen LogP contribution < -0.4 is 16.0 Å². The van der Waals surface area contributed by atoms with Crippen molar-refractivity contribution in [2.24, 2.45) is 0 Å². The van der Waals surface area contributed by atoms with E-state index in [1.54, 1.807) is 0 Å². The largest absolute Gasteiger partial charge is 0.384 e. The van der Waals surface area contributed by atoms with Crippen molar-refractivity contribution in [2.45, 2.75) is 25.8 Å². The van der Waals surface area contributed by atoms with Crippen LogP contribution >= 0.6 is 0 Å². The summed E-state index contributed by atoms with van der Waals surface area (Å²) in [4.78, 5) is 28.0. The van der Waals surface area contributed by atoms with E-state index >= 15 is 0 Å². The molecule has 5 rings (SSSR count). The number of nitrogens with one attached hydrogen (secondary N) is 3. The van der Waals surface area contributed by atoms with Crippen molar-refractivity contribution in [3.8, 4) is 11.1 Å². The molecule has 1 fully saturated rings. The lowest BCUT2D eigenvalue weighted by atomic mass is 9.95. The van der Waals surface area contributed by atoms with Crippen molar-refractivity contribution in [2.75, 3.05) is 36.8 Å². The number of fused-ring (bicyclic) bond motifs is 1. The van der Waals surface area contributed by atoms with Gasteiger partial charge in [-0.15, -0.1) is 0 Å². The molecule has 6 heteroatoms. The number of nitrogens with zero attached hydrogens (tertiary/aromatic N) is 1. The first-order valence-corrected chi connectivity index (χ1v) is 12.1. The SMILES string of the molecule is O=C(Nc1ccc(-c2ccccc2)c2c1C(=O)NC2)c1ccc(NCCN2CCCCC2)cc1. The smallest absolute Gasteiger partial charge is 0.255 e. The molecule has 2 amide bonds. The fraction of sp³-hybridized carbons (Fsp3) is 0.286.